The monoisotopic (exact) mass is 276 g/mol. The quantitative estimate of drug-likeness (QED) is 0.906. The Morgan fingerprint density at radius 3 is 2.53 bits per heavy atom. The second-order valence-corrected chi connectivity index (χ2v) is 4.94. The molecule has 0 aromatic heterocycles. The molecule has 2 nitrogen and oxygen atoms in total. The first-order valence-electron chi connectivity index (χ1n) is 6.23. The van der Waals surface area contributed by atoms with Crippen LogP contribution in [0.5, 0.6) is 5.75 Å². The molecule has 1 unspecified atom stereocenters. The van der Waals surface area contributed by atoms with Gasteiger partial charge in [0.05, 0.1) is 13.2 Å². The van der Waals surface area contributed by atoms with Crippen LogP contribution in [0.25, 0.3) is 0 Å². The lowest BCUT2D eigenvalue weighted by Crippen LogP contribution is -2.14. The van der Waals surface area contributed by atoms with Gasteiger partial charge in [0, 0.05) is 11.4 Å². The summed E-state index contributed by atoms with van der Waals surface area (Å²) in [7, 11) is 1.62. The minimum absolute atomic E-state index is 0.449. The summed E-state index contributed by atoms with van der Waals surface area (Å²) < 4.78 is 5.28. The number of halogens is 1. The molecule has 1 N–H and O–H groups in total. The normalized spacial score (nSPS) is 12.2. The Bertz CT molecular complexity index is 526. The molecule has 0 saturated heterocycles. The number of aliphatic hydroxyl groups is 1. The minimum Gasteiger partial charge on any atom is -0.496 e. The van der Waals surface area contributed by atoms with E-state index >= 15 is 0 Å². The van der Waals surface area contributed by atoms with Crippen LogP contribution < -0.4 is 4.74 Å². The molecule has 0 radical (unpaired) electrons. The Hall–Kier alpha value is -1.51. The number of hydrogen-bond donors (Lipinski definition) is 1. The highest BCUT2D eigenvalue weighted by Crippen LogP contribution is 2.24. The smallest absolute Gasteiger partial charge is 0.122 e. The first kappa shape index (κ1) is 13.9. The van der Waals surface area contributed by atoms with Crippen molar-refractivity contribution < 1.29 is 9.84 Å². The molecule has 2 aromatic carbocycles. The molecule has 0 fully saturated rings. The molecule has 0 aliphatic rings. The van der Waals surface area contributed by atoms with Gasteiger partial charge in [-0.25, -0.2) is 0 Å². The summed E-state index contributed by atoms with van der Waals surface area (Å²) >= 11 is 5.98. The van der Waals surface area contributed by atoms with E-state index in [-0.39, 0.29) is 0 Å². The van der Waals surface area contributed by atoms with Gasteiger partial charge < -0.3 is 9.84 Å². The standard InChI is InChI=1S/C16H17ClO2/c1-19-16-8-7-14(17)10-13(16)11-15(18)9-12-5-3-2-4-6-12/h2-8,10,15,18H,9,11H2,1H3. The van der Waals surface area contributed by atoms with Crippen LogP contribution >= 0.6 is 11.6 Å². The van der Waals surface area contributed by atoms with Gasteiger partial charge in [-0.3, -0.25) is 0 Å². The molecule has 0 bridgehead atoms. The lowest BCUT2D eigenvalue weighted by molar-refractivity contribution is 0.174. The van der Waals surface area contributed by atoms with Crippen LogP contribution in [0.4, 0.5) is 0 Å². The molecule has 2 rings (SSSR count). The zero-order valence-corrected chi connectivity index (χ0v) is 11.6. The third-order valence-corrected chi connectivity index (χ3v) is 3.25. The third-order valence-electron chi connectivity index (χ3n) is 3.01. The van der Waals surface area contributed by atoms with Crippen LogP contribution in [-0.2, 0) is 12.8 Å². The molecule has 3 heteroatoms. The van der Waals surface area contributed by atoms with Crippen molar-refractivity contribution in [2.75, 3.05) is 7.11 Å². The Morgan fingerprint density at radius 1 is 1.11 bits per heavy atom. The van der Waals surface area contributed by atoms with Crippen LogP contribution in [0.2, 0.25) is 5.02 Å². The SMILES string of the molecule is COc1ccc(Cl)cc1CC(O)Cc1ccccc1. The molecule has 2 aromatic rings. The van der Waals surface area contributed by atoms with Gasteiger partial charge in [-0.2, -0.15) is 0 Å². The summed E-state index contributed by atoms with van der Waals surface area (Å²) in [4.78, 5) is 0. The number of ether oxygens (including phenoxy) is 1. The maximum absolute atomic E-state index is 10.2. The van der Waals surface area contributed by atoms with Crippen LogP contribution in [0, 0.1) is 0 Å². The first-order chi connectivity index (χ1) is 9.19. The van der Waals surface area contributed by atoms with Crippen LogP contribution in [-0.4, -0.2) is 18.3 Å². The first-order valence-corrected chi connectivity index (χ1v) is 6.61. The van der Waals surface area contributed by atoms with Crippen molar-refractivity contribution in [2.45, 2.75) is 18.9 Å². The van der Waals surface area contributed by atoms with Crippen LogP contribution in [0.3, 0.4) is 0 Å². The number of rotatable bonds is 5. The van der Waals surface area contributed by atoms with E-state index in [1.54, 1.807) is 13.2 Å². The van der Waals surface area contributed by atoms with E-state index in [1.165, 1.54) is 0 Å². The Morgan fingerprint density at radius 2 is 1.84 bits per heavy atom. The summed E-state index contributed by atoms with van der Waals surface area (Å²) in [5.41, 5.74) is 2.05. The van der Waals surface area contributed by atoms with E-state index < -0.39 is 6.10 Å². The lowest BCUT2D eigenvalue weighted by Gasteiger charge is -2.14. The highest BCUT2D eigenvalue weighted by atomic mass is 35.5. The molecular weight excluding hydrogens is 260 g/mol. The predicted octanol–water partition coefficient (Wildman–Crippen LogP) is 3.49. The number of aliphatic hydroxyl groups excluding tert-OH is 1. The van der Waals surface area contributed by atoms with E-state index in [0.717, 1.165) is 16.9 Å². The summed E-state index contributed by atoms with van der Waals surface area (Å²) in [6.45, 7) is 0. The Balaban J connectivity index is 2.06. The van der Waals surface area contributed by atoms with Crippen molar-refractivity contribution in [2.24, 2.45) is 0 Å². The fourth-order valence-electron chi connectivity index (χ4n) is 2.12. The molecule has 100 valence electrons. The highest BCUT2D eigenvalue weighted by molar-refractivity contribution is 6.30. The molecule has 0 amide bonds. The summed E-state index contributed by atoms with van der Waals surface area (Å²) in [6.07, 6.45) is 0.699. The van der Waals surface area contributed by atoms with E-state index in [2.05, 4.69) is 0 Å². The molecule has 0 saturated carbocycles. The van der Waals surface area contributed by atoms with Gasteiger partial charge in [0.2, 0.25) is 0 Å². The molecule has 0 spiro atoms. The van der Waals surface area contributed by atoms with Gasteiger partial charge in [-0.05, 0) is 35.7 Å². The van der Waals surface area contributed by atoms with Gasteiger partial charge in [0.1, 0.15) is 5.75 Å². The predicted molar refractivity (Wildman–Crippen MR) is 77.9 cm³/mol. The summed E-state index contributed by atoms with van der Waals surface area (Å²) in [5, 5.41) is 10.8. The van der Waals surface area contributed by atoms with Crippen molar-refractivity contribution >= 4 is 11.6 Å². The van der Waals surface area contributed by atoms with Gasteiger partial charge in [-0.1, -0.05) is 41.9 Å². The minimum atomic E-state index is -0.449. The van der Waals surface area contributed by atoms with E-state index in [4.69, 9.17) is 16.3 Å². The van der Waals surface area contributed by atoms with Crippen molar-refractivity contribution in [1.82, 2.24) is 0 Å². The van der Waals surface area contributed by atoms with Crippen molar-refractivity contribution in [1.29, 1.82) is 0 Å². The molecule has 0 heterocycles. The molecule has 0 aliphatic carbocycles. The zero-order valence-electron chi connectivity index (χ0n) is 10.8. The maximum Gasteiger partial charge on any atom is 0.122 e. The lowest BCUT2D eigenvalue weighted by atomic mass is 10.0. The average molecular weight is 277 g/mol. The van der Waals surface area contributed by atoms with Crippen molar-refractivity contribution in [3.8, 4) is 5.75 Å². The maximum atomic E-state index is 10.2. The van der Waals surface area contributed by atoms with Gasteiger partial charge in [-0.15, -0.1) is 0 Å². The fourth-order valence-corrected chi connectivity index (χ4v) is 2.31. The van der Waals surface area contributed by atoms with Crippen molar-refractivity contribution in [3.05, 3.63) is 64.7 Å². The molecule has 19 heavy (non-hydrogen) atoms. The van der Waals surface area contributed by atoms with Crippen LogP contribution in [0.15, 0.2) is 48.5 Å². The Kier molecular flexibility index (Phi) is 4.83. The van der Waals surface area contributed by atoms with Gasteiger partial charge in [0.25, 0.3) is 0 Å². The van der Waals surface area contributed by atoms with E-state index in [9.17, 15) is 5.11 Å². The zero-order chi connectivity index (χ0) is 13.7. The van der Waals surface area contributed by atoms with Gasteiger partial charge >= 0.3 is 0 Å². The van der Waals surface area contributed by atoms with E-state index in [1.807, 2.05) is 42.5 Å². The Labute approximate surface area is 118 Å². The number of benzene rings is 2. The third kappa shape index (κ3) is 3.98. The molecule has 0 aliphatic heterocycles. The number of hydrogen-bond acceptors (Lipinski definition) is 2. The van der Waals surface area contributed by atoms with Gasteiger partial charge in [0.15, 0.2) is 0 Å². The summed E-state index contributed by atoms with van der Waals surface area (Å²) in [5.74, 6) is 0.761. The second kappa shape index (κ2) is 6.60. The van der Waals surface area contributed by atoms with E-state index in [0.29, 0.717) is 17.9 Å². The van der Waals surface area contributed by atoms with Crippen molar-refractivity contribution in [3.63, 3.8) is 0 Å². The largest absolute Gasteiger partial charge is 0.496 e. The molecule has 1 atom stereocenters. The van der Waals surface area contributed by atoms with Crippen LogP contribution in [0.1, 0.15) is 11.1 Å². The molecular formula is C16H17ClO2. The average Bonchev–Trinajstić information content (AvgIpc) is 2.40. The topological polar surface area (TPSA) is 29.5 Å². The number of methoxy groups -OCH3 is 1. The fraction of sp³-hybridized carbons (Fsp3) is 0.250. The summed E-state index contributed by atoms with van der Waals surface area (Å²) in [6, 6.07) is 15.4. The highest BCUT2D eigenvalue weighted by Gasteiger charge is 2.11. The second-order valence-electron chi connectivity index (χ2n) is 4.50.